The summed E-state index contributed by atoms with van der Waals surface area (Å²) in [4.78, 5) is 0. The predicted octanol–water partition coefficient (Wildman–Crippen LogP) is 2.03. The first-order valence-corrected chi connectivity index (χ1v) is 6.91. The second-order valence-electron chi connectivity index (χ2n) is 5.37. The lowest BCUT2D eigenvalue weighted by Crippen LogP contribution is -2.51. The molecule has 1 aromatic carbocycles. The molecule has 1 heterocycles. The van der Waals surface area contributed by atoms with Crippen LogP contribution < -0.4 is 16.0 Å². The molecule has 3 N–H and O–H groups in total. The normalized spacial score (nSPS) is 24.4. The van der Waals surface area contributed by atoms with Gasteiger partial charge in [-0.1, -0.05) is 12.1 Å². The van der Waals surface area contributed by atoms with Crippen molar-refractivity contribution in [2.24, 2.45) is 5.84 Å². The average molecular weight is 264 g/mol. The van der Waals surface area contributed by atoms with Crippen molar-refractivity contribution in [1.29, 1.82) is 0 Å². The van der Waals surface area contributed by atoms with Crippen LogP contribution in [0.2, 0.25) is 0 Å². The number of rotatable bonds is 6. The molecule has 1 aliphatic heterocycles. The highest BCUT2D eigenvalue weighted by molar-refractivity contribution is 5.27. The van der Waals surface area contributed by atoms with Crippen LogP contribution in [0.25, 0.3) is 0 Å². The molecule has 0 amide bonds. The standard InChI is InChI=1S/C15H24N2O2/c1-15(10-3-11-19-15)14(17-16)9-6-12-4-7-13(18-2)8-5-12/h4-5,7-8,14,17H,3,6,9-11,16H2,1-2H3. The number of hydrogen-bond acceptors (Lipinski definition) is 4. The minimum atomic E-state index is -0.124. The number of nitrogens with one attached hydrogen (secondary N) is 1. The van der Waals surface area contributed by atoms with Gasteiger partial charge in [0.2, 0.25) is 0 Å². The van der Waals surface area contributed by atoms with Crippen LogP contribution in [-0.4, -0.2) is 25.4 Å². The van der Waals surface area contributed by atoms with E-state index in [1.54, 1.807) is 7.11 Å². The molecule has 0 aromatic heterocycles. The zero-order valence-corrected chi connectivity index (χ0v) is 11.8. The highest BCUT2D eigenvalue weighted by Crippen LogP contribution is 2.30. The van der Waals surface area contributed by atoms with E-state index >= 15 is 0 Å². The Kier molecular flexibility index (Phi) is 4.80. The summed E-state index contributed by atoms with van der Waals surface area (Å²) in [5, 5.41) is 0. The maximum Gasteiger partial charge on any atom is 0.118 e. The molecule has 0 bridgehead atoms. The Morgan fingerprint density at radius 2 is 2.16 bits per heavy atom. The number of aryl methyl sites for hydroxylation is 1. The Bertz CT molecular complexity index is 386. The fraction of sp³-hybridized carbons (Fsp3) is 0.600. The van der Waals surface area contributed by atoms with Crippen molar-refractivity contribution in [3.63, 3.8) is 0 Å². The minimum absolute atomic E-state index is 0.124. The minimum Gasteiger partial charge on any atom is -0.497 e. The molecule has 106 valence electrons. The summed E-state index contributed by atoms with van der Waals surface area (Å²) in [5.74, 6) is 6.59. The van der Waals surface area contributed by atoms with Crippen LogP contribution in [0.1, 0.15) is 31.7 Å². The van der Waals surface area contributed by atoms with E-state index < -0.39 is 0 Å². The second-order valence-corrected chi connectivity index (χ2v) is 5.37. The molecule has 19 heavy (non-hydrogen) atoms. The van der Waals surface area contributed by atoms with Gasteiger partial charge in [0.15, 0.2) is 0 Å². The summed E-state index contributed by atoms with van der Waals surface area (Å²) in [6, 6.07) is 8.38. The first-order chi connectivity index (χ1) is 9.18. The van der Waals surface area contributed by atoms with Crippen molar-refractivity contribution in [3.8, 4) is 5.75 Å². The summed E-state index contributed by atoms with van der Waals surface area (Å²) >= 11 is 0. The van der Waals surface area contributed by atoms with Crippen molar-refractivity contribution in [2.45, 2.75) is 44.2 Å². The molecule has 4 heteroatoms. The molecule has 1 aliphatic rings. The lowest BCUT2D eigenvalue weighted by atomic mass is 9.89. The van der Waals surface area contributed by atoms with E-state index in [1.165, 1.54) is 5.56 Å². The van der Waals surface area contributed by atoms with E-state index in [0.717, 1.165) is 38.0 Å². The molecule has 2 rings (SSSR count). The Morgan fingerprint density at radius 1 is 1.42 bits per heavy atom. The lowest BCUT2D eigenvalue weighted by molar-refractivity contribution is -0.0137. The number of hydrazine groups is 1. The first kappa shape index (κ1) is 14.3. The third kappa shape index (κ3) is 3.47. The van der Waals surface area contributed by atoms with E-state index in [4.69, 9.17) is 15.3 Å². The van der Waals surface area contributed by atoms with Gasteiger partial charge in [-0.25, -0.2) is 0 Å². The predicted molar refractivity (Wildman–Crippen MR) is 76.0 cm³/mol. The number of methoxy groups -OCH3 is 1. The third-order valence-electron chi connectivity index (χ3n) is 4.07. The number of ether oxygens (including phenoxy) is 2. The lowest BCUT2D eigenvalue weighted by Gasteiger charge is -2.32. The summed E-state index contributed by atoms with van der Waals surface area (Å²) in [7, 11) is 1.68. The molecular weight excluding hydrogens is 240 g/mol. The quantitative estimate of drug-likeness (QED) is 0.610. The van der Waals surface area contributed by atoms with Crippen molar-refractivity contribution >= 4 is 0 Å². The molecule has 1 aromatic rings. The van der Waals surface area contributed by atoms with Gasteiger partial charge >= 0.3 is 0 Å². The Hall–Kier alpha value is -1.10. The van der Waals surface area contributed by atoms with Crippen molar-refractivity contribution in [3.05, 3.63) is 29.8 Å². The third-order valence-corrected chi connectivity index (χ3v) is 4.07. The van der Waals surface area contributed by atoms with Gasteiger partial charge in [-0.15, -0.1) is 0 Å². The van der Waals surface area contributed by atoms with E-state index in [1.807, 2.05) is 12.1 Å². The fourth-order valence-electron chi connectivity index (χ4n) is 2.74. The van der Waals surface area contributed by atoms with Crippen LogP contribution in [0.3, 0.4) is 0 Å². The monoisotopic (exact) mass is 264 g/mol. The topological polar surface area (TPSA) is 56.5 Å². The van der Waals surface area contributed by atoms with Crippen LogP contribution >= 0.6 is 0 Å². The molecule has 2 unspecified atom stereocenters. The molecule has 1 fully saturated rings. The van der Waals surface area contributed by atoms with E-state index in [9.17, 15) is 0 Å². The smallest absolute Gasteiger partial charge is 0.118 e. The van der Waals surface area contributed by atoms with Gasteiger partial charge in [0.1, 0.15) is 5.75 Å². The van der Waals surface area contributed by atoms with Gasteiger partial charge in [-0.2, -0.15) is 0 Å². The summed E-state index contributed by atoms with van der Waals surface area (Å²) in [6.45, 7) is 3.00. The van der Waals surface area contributed by atoms with Crippen LogP contribution in [-0.2, 0) is 11.2 Å². The molecule has 0 radical (unpaired) electrons. The van der Waals surface area contributed by atoms with Gasteiger partial charge < -0.3 is 9.47 Å². The molecule has 1 saturated heterocycles. The highest BCUT2D eigenvalue weighted by atomic mass is 16.5. The van der Waals surface area contributed by atoms with Crippen LogP contribution in [0.15, 0.2) is 24.3 Å². The average Bonchev–Trinajstić information content (AvgIpc) is 2.88. The van der Waals surface area contributed by atoms with Crippen molar-refractivity contribution in [2.75, 3.05) is 13.7 Å². The molecule has 4 nitrogen and oxygen atoms in total. The largest absolute Gasteiger partial charge is 0.497 e. The fourth-order valence-corrected chi connectivity index (χ4v) is 2.74. The van der Waals surface area contributed by atoms with Crippen LogP contribution in [0.4, 0.5) is 0 Å². The van der Waals surface area contributed by atoms with E-state index in [0.29, 0.717) is 0 Å². The van der Waals surface area contributed by atoms with Crippen molar-refractivity contribution < 1.29 is 9.47 Å². The Morgan fingerprint density at radius 3 is 2.68 bits per heavy atom. The molecule has 2 atom stereocenters. The van der Waals surface area contributed by atoms with Gasteiger partial charge in [-0.05, 0) is 50.3 Å². The Labute approximate surface area is 115 Å². The van der Waals surface area contributed by atoms with Crippen LogP contribution in [0.5, 0.6) is 5.75 Å². The highest BCUT2D eigenvalue weighted by Gasteiger charge is 2.37. The summed E-state index contributed by atoms with van der Waals surface area (Å²) < 4.78 is 11.0. The van der Waals surface area contributed by atoms with Crippen molar-refractivity contribution in [1.82, 2.24) is 5.43 Å². The summed E-state index contributed by atoms with van der Waals surface area (Å²) in [5.41, 5.74) is 4.10. The molecule has 0 saturated carbocycles. The zero-order valence-electron chi connectivity index (χ0n) is 11.8. The summed E-state index contributed by atoms with van der Waals surface area (Å²) in [6.07, 6.45) is 4.15. The SMILES string of the molecule is COc1ccc(CCC(NN)C2(C)CCCO2)cc1. The molecule has 0 aliphatic carbocycles. The number of hydrogen-bond donors (Lipinski definition) is 2. The van der Waals surface area contributed by atoms with Gasteiger partial charge in [0, 0.05) is 6.61 Å². The maximum atomic E-state index is 5.86. The van der Waals surface area contributed by atoms with Crippen LogP contribution in [0, 0.1) is 0 Å². The van der Waals surface area contributed by atoms with E-state index in [2.05, 4.69) is 24.5 Å². The molecular formula is C15H24N2O2. The Balaban J connectivity index is 1.91. The molecule has 0 spiro atoms. The first-order valence-electron chi connectivity index (χ1n) is 6.91. The second kappa shape index (κ2) is 6.37. The number of benzene rings is 1. The zero-order chi connectivity index (χ0) is 13.7. The van der Waals surface area contributed by atoms with Gasteiger partial charge in [-0.3, -0.25) is 11.3 Å². The number of nitrogens with two attached hydrogens (primary N) is 1. The van der Waals surface area contributed by atoms with Gasteiger partial charge in [0.25, 0.3) is 0 Å². The van der Waals surface area contributed by atoms with E-state index in [-0.39, 0.29) is 11.6 Å². The van der Waals surface area contributed by atoms with Gasteiger partial charge in [0.05, 0.1) is 18.8 Å². The maximum absolute atomic E-state index is 5.86.